The van der Waals surface area contributed by atoms with E-state index in [1.54, 1.807) is 31.2 Å². The first-order valence-corrected chi connectivity index (χ1v) is 13.6. The van der Waals surface area contributed by atoms with Crippen molar-refractivity contribution in [3.63, 3.8) is 0 Å². The number of nitriles is 1. The number of nitrogens with zero attached hydrogens (tertiary/aromatic N) is 1. The minimum absolute atomic E-state index is 0.0244. The number of hydrogen-bond donors (Lipinski definition) is 2. The number of benzene rings is 3. The van der Waals surface area contributed by atoms with E-state index in [1.807, 2.05) is 30.3 Å². The van der Waals surface area contributed by atoms with E-state index in [2.05, 4.69) is 16.7 Å². The molecule has 1 aliphatic heterocycles. The highest BCUT2D eigenvalue weighted by atomic mass is 35.5. The number of hydrogen-bond acceptors (Lipinski definition) is 6. The molecule has 6 nitrogen and oxygen atoms in total. The van der Waals surface area contributed by atoms with Crippen LogP contribution in [0.2, 0.25) is 5.02 Å². The molecule has 0 saturated carbocycles. The van der Waals surface area contributed by atoms with Gasteiger partial charge in [-0.15, -0.1) is 0 Å². The van der Waals surface area contributed by atoms with Crippen LogP contribution in [-0.4, -0.2) is 17.6 Å². The Kier molecular flexibility index (Phi) is 9.42. The summed E-state index contributed by atoms with van der Waals surface area (Å²) >= 11 is 7.01. The van der Waals surface area contributed by atoms with Crippen LogP contribution in [-0.2, 0) is 27.1 Å². The quantitative estimate of drug-likeness (QED) is 0.268. The molecule has 1 atom stereocenters. The van der Waals surface area contributed by atoms with Crippen LogP contribution in [0.4, 0.5) is 18.9 Å². The van der Waals surface area contributed by atoms with Crippen LogP contribution in [0.5, 0.6) is 0 Å². The van der Waals surface area contributed by atoms with Gasteiger partial charge in [0, 0.05) is 10.7 Å². The molecular formula is C30H23ClF3N3O3S. The van der Waals surface area contributed by atoms with E-state index in [0.29, 0.717) is 21.3 Å². The average molecular weight is 598 g/mol. The largest absolute Gasteiger partial charge is 0.457 e. The van der Waals surface area contributed by atoms with Crippen molar-refractivity contribution >= 4 is 40.9 Å². The topological polar surface area (TPSA) is 91.2 Å². The Morgan fingerprint density at radius 2 is 1.71 bits per heavy atom. The number of para-hydroxylation sites is 1. The second-order valence-corrected chi connectivity index (χ2v) is 10.4. The lowest BCUT2D eigenvalue weighted by molar-refractivity contribution is -0.140. The van der Waals surface area contributed by atoms with Crippen LogP contribution in [0.3, 0.4) is 0 Å². The number of allylic oxidation sites excluding steroid dienone is 2. The summed E-state index contributed by atoms with van der Waals surface area (Å²) in [5.74, 6) is -2.46. The first kappa shape index (κ1) is 29.8. The van der Waals surface area contributed by atoms with Gasteiger partial charge in [-0.05, 0) is 42.3 Å². The third-order valence-corrected chi connectivity index (χ3v) is 7.41. The maximum atomic E-state index is 13.3. The zero-order valence-corrected chi connectivity index (χ0v) is 23.2. The summed E-state index contributed by atoms with van der Waals surface area (Å²) in [4.78, 5) is 26.0. The summed E-state index contributed by atoms with van der Waals surface area (Å²) in [5, 5.41) is 16.3. The number of amides is 1. The number of thioether (sulfide) groups is 1. The van der Waals surface area contributed by atoms with Gasteiger partial charge < -0.3 is 15.4 Å². The monoisotopic (exact) mass is 597 g/mol. The van der Waals surface area contributed by atoms with Gasteiger partial charge in [0.2, 0.25) is 5.91 Å². The zero-order valence-electron chi connectivity index (χ0n) is 21.6. The van der Waals surface area contributed by atoms with Crippen molar-refractivity contribution < 1.29 is 27.5 Å². The summed E-state index contributed by atoms with van der Waals surface area (Å²) in [7, 11) is 0. The Bertz CT molecular complexity index is 1550. The molecule has 1 heterocycles. The molecule has 1 aliphatic rings. The molecule has 2 N–H and O–H groups in total. The van der Waals surface area contributed by atoms with Crippen LogP contribution in [0.15, 0.2) is 101 Å². The van der Waals surface area contributed by atoms with Crippen LogP contribution in [0.25, 0.3) is 0 Å². The standard InChI is InChI=1S/C30H23ClF3N3O3S/c1-18-26(29(39)40-16-19-7-3-2-4-8-19)27(20-11-13-21(31)14-12-20)22(15-35)28(36-18)41-17-25(38)37-24-10-6-5-9-23(24)30(32,33)34/h2-14,27,36H,16-17H2,1H3,(H,37,38)/t27-/m1/s1. The molecule has 0 spiro atoms. The van der Waals surface area contributed by atoms with E-state index in [0.717, 1.165) is 23.4 Å². The normalized spacial score (nSPS) is 15.2. The Balaban J connectivity index is 1.59. The van der Waals surface area contributed by atoms with Gasteiger partial charge in [0.15, 0.2) is 0 Å². The third-order valence-electron chi connectivity index (χ3n) is 6.14. The molecule has 0 radical (unpaired) electrons. The molecule has 0 bridgehead atoms. The van der Waals surface area contributed by atoms with Crippen molar-refractivity contribution in [2.45, 2.75) is 25.6 Å². The van der Waals surface area contributed by atoms with Gasteiger partial charge in [-0.1, -0.05) is 78.0 Å². The maximum absolute atomic E-state index is 13.3. The minimum atomic E-state index is -4.64. The van der Waals surface area contributed by atoms with Crippen molar-refractivity contribution in [1.82, 2.24) is 5.32 Å². The van der Waals surface area contributed by atoms with Crippen LogP contribution in [0, 0.1) is 11.3 Å². The molecule has 41 heavy (non-hydrogen) atoms. The number of dihydropyridines is 1. The number of rotatable bonds is 8. The Labute approximate surface area is 243 Å². The van der Waals surface area contributed by atoms with Crippen LogP contribution in [0.1, 0.15) is 29.5 Å². The number of alkyl halides is 3. The predicted molar refractivity (Wildman–Crippen MR) is 151 cm³/mol. The highest BCUT2D eigenvalue weighted by Gasteiger charge is 2.36. The fraction of sp³-hybridized carbons (Fsp3) is 0.167. The predicted octanol–water partition coefficient (Wildman–Crippen LogP) is 7.17. The van der Waals surface area contributed by atoms with Gasteiger partial charge in [0.05, 0.1) is 45.2 Å². The third kappa shape index (κ3) is 7.31. The number of anilines is 1. The van der Waals surface area contributed by atoms with Crippen molar-refractivity contribution in [2.24, 2.45) is 0 Å². The first-order chi connectivity index (χ1) is 19.6. The summed E-state index contributed by atoms with van der Waals surface area (Å²) in [6.07, 6.45) is -4.64. The summed E-state index contributed by atoms with van der Waals surface area (Å²) < 4.78 is 45.6. The molecule has 0 saturated heterocycles. The molecule has 0 aromatic heterocycles. The maximum Gasteiger partial charge on any atom is 0.418 e. The zero-order chi connectivity index (χ0) is 29.6. The molecule has 210 valence electrons. The lowest BCUT2D eigenvalue weighted by atomic mass is 9.82. The van der Waals surface area contributed by atoms with Crippen molar-refractivity contribution in [3.8, 4) is 6.07 Å². The van der Waals surface area contributed by atoms with Crippen LogP contribution >= 0.6 is 23.4 Å². The van der Waals surface area contributed by atoms with Crippen LogP contribution < -0.4 is 10.6 Å². The number of carbonyl (C=O) groups excluding carboxylic acids is 2. The number of halogens is 4. The molecule has 4 rings (SSSR count). The Morgan fingerprint density at radius 1 is 1.05 bits per heavy atom. The highest BCUT2D eigenvalue weighted by molar-refractivity contribution is 8.03. The van der Waals surface area contributed by atoms with Gasteiger partial charge in [-0.3, -0.25) is 4.79 Å². The fourth-order valence-electron chi connectivity index (χ4n) is 4.25. The van der Waals surface area contributed by atoms with Gasteiger partial charge in [-0.25, -0.2) is 4.79 Å². The Hall–Kier alpha value is -4.20. The molecular weight excluding hydrogens is 575 g/mol. The molecule has 1 amide bonds. The summed E-state index contributed by atoms with van der Waals surface area (Å²) in [6, 6.07) is 22.6. The smallest absolute Gasteiger partial charge is 0.418 e. The average Bonchev–Trinajstić information content (AvgIpc) is 2.95. The molecule has 3 aromatic rings. The van der Waals surface area contributed by atoms with E-state index in [-0.39, 0.29) is 29.2 Å². The number of esters is 1. The second-order valence-electron chi connectivity index (χ2n) is 8.94. The first-order valence-electron chi connectivity index (χ1n) is 12.3. The lowest BCUT2D eigenvalue weighted by Crippen LogP contribution is -2.29. The molecule has 0 unspecified atom stereocenters. The summed E-state index contributed by atoms with van der Waals surface area (Å²) in [5.41, 5.74) is 0.830. The fourth-order valence-corrected chi connectivity index (χ4v) is 5.27. The van der Waals surface area contributed by atoms with Gasteiger partial charge in [0.25, 0.3) is 0 Å². The van der Waals surface area contributed by atoms with E-state index in [9.17, 15) is 28.0 Å². The van der Waals surface area contributed by atoms with Crippen molar-refractivity contribution in [2.75, 3.05) is 11.1 Å². The summed E-state index contributed by atoms with van der Waals surface area (Å²) in [6.45, 7) is 1.67. The number of ether oxygens (including phenoxy) is 1. The molecule has 0 fully saturated rings. The Morgan fingerprint density at radius 3 is 2.37 bits per heavy atom. The molecule has 11 heteroatoms. The number of nitrogens with one attached hydrogen (secondary N) is 2. The van der Waals surface area contributed by atoms with Crippen molar-refractivity contribution in [1.29, 1.82) is 5.26 Å². The lowest BCUT2D eigenvalue weighted by Gasteiger charge is -2.29. The SMILES string of the molecule is CC1=C(C(=O)OCc2ccccc2)[C@H](c2ccc(Cl)cc2)C(C#N)=C(SCC(=O)Nc2ccccc2C(F)(F)F)N1. The number of carbonyl (C=O) groups is 2. The second kappa shape index (κ2) is 13.0. The van der Waals surface area contributed by atoms with E-state index >= 15 is 0 Å². The van der Waals surface area contributed by atoms with Gasteiger partial charge >= 0.3 is 12.1 Å². The molecule has 3 aromatic carbocycles. The van der Waals surface area contributed by atoms with Crippen molar-refractivity contribution in [3.05, 3.63) is 122 Å². The molecule has 0 aliphatic carbocycles. The van der Waals surface area contributed by atoms with E-state index in [4.69, 9.17) is 16.3 Å². The van der Waals surface area contributed by atoms with E-state index < -0.39 is 29.5 Å². The van der Waals surface area contributed by atoms with Gasteiger partial charge in [0.1, 0.15) is 6.61 Å². The highest BCUT2D eigenvalue weighted by Crippen LogP contribution is 2.41. The van der Waals surface area contributed by atoms with E-state index in [1.165, 1.54) is 18.2 Å². The minimum Gasteiger partial charge on any atom is -0.457 e. The van der Waals surface area contributed by atoms with Gasteiger partial charge in [-0.2, -0.15) is 18.4 Å².